The van der Waals surface area contributed by atoms with E-state index in [2.05, 4.69) is 15.3 Å². The normalized spacial score (nSPS) is 16.3. The molecule has 3 heterocycles. The van der Waals surface area contributed by atoms with Crippen molar-refractivity contribution < 1.29 is 33.9 Å². The van der Waals surface area contributed by atoms with Crippen molar-refractivity contribution in [1.82, 2.24) is 19.5 Å². The maximum Gasteiger partial charge on any atom is 0.420 e. The minimum atomic E-state index is -0.766. The zero-order valence-corrected chi connectivity index (χ0v) is 25.9. The van der Waals surface area contributed by atoms with Gasteiger partial charge in [0.05, 0.1) is 30.2 Å². The lowest BCUT2D eigenvalue weighted by molar-refractivity contribution is -0.188. The van der Waals surface area contributed by atoms with Crippen LogP contribution >= 0.6 is 0 Å². The molecule has 13 nitrogen and oxygen atoms in total. The van der Waals surface area contributed by atoms with Gasteiger partial charge in [-0.1, -0.05) is 0 Å². The summed E-state index contributed by atoms with van der Waals surface area (Å²) in [6.45, 7) is 15.2. The van der Waals surface area contributed by atoms with Crippen molar-refractivity contribution in [2.45, 2.75) is 79.1 Å². The van der Waals surface area contributed by atoms with Crippen molar-refractivity contribution in [3.05, 3.63) is 54.1 Å². The number of ether oxygens (including phenoxy) is 3. The smallest absolute Gasteiger partial charge is 0.420 e. The quantitative estimate of drug-likeness (QED) is 0.182. The Morgan fingerprint density at radius 3 is 2.37 bits per heavy atom. The highest BCUT2D eigenvalue weighted by molar-refractivity contribution is 5.97. The monoisotopic (exact) mass is 596 g/mol. The number of anilines is 3. The maximum atomic E-state index is 13.8. The molecule has 1 aromatic carbocycles. The summed E-state index contributed by atoms with van der Waals surface area (Å²) in [6.07, 6.45) is 1.86. The Morgan fingerprint density at radius 1 is 1.09 bits per heavy atom. The van der Waals surface area contributed by atoms with Crippen molar-refractivity contribution in [2.24, 2.45) is 0 Å². The van der Waals surface area contributed by atoms with Crippen LogP contribution in [0.4, 0.5) is 26.9 Å². The summed E-state index contributed by atoms with van der Waals surface area (Å²) in [5, 5.41) is 17.0. The van der Waals surface area contributed by atoms with Gasteiger partial charge in [0.15, 0.2) is 11.5 Å². The largest absolute Gasteiger partial charge is 0.494 e. The van der Waals surface area contributed by atoms with E-state index < -0.39 is 23.4 Å². The zero-order chi connectivity index (χ0) is 31.5. The molecule has 1 fully saturated rings. The SMILES string of the molecule is CCOc1ccc(N(C(=O)OC(C)(C)C)c2c(C)c(NC3CC(=COO)N(C(=O)OC(C)(C)C)C3)nc3ccnn23)cc1. The molecule has 1 unspecified atom stereocenters. The topological polar surface area (TPSA) is 140 Å². The summed E-state index contributed by atoms with van der Waals surface area (Å²) in [5.74, 6) is 1.56. The van der Waals surface area contributed by atoms with Gasteiger partial charge in [0.1, 0.15) is 29.0 Å². The Morgan fingerprint density at radius 2 is 1.77 bits per heavy atom. The van der Waals surface area contributed by atoms with Crippen molar-refractivity contribution >= 4 is 35.2 Å². The van der Waals surface area contributed by atoms with E-state index >= 15 is 0 Å². The summed E-state index contributed by atoms with van der Waals surface area (Å²) in [6, 6.07) is 8.53. The van der Waals surface area contributed by atoms with Crippen LogP contribution in [-0.4, -0.2) is 67.3 Å². The van der Waals surface area contributed by atoms with E-state index in [1.807, 2.05) is 13.8 Å². The Bertz CT molecular complexity index is 1490. The van der Waals surface area contributed by atoms with Gasteiger partial charge in [-0.15, -0.1) is 0 Å². The maximum absolute atomic E-state index is 13.8. The predicted molar refractivity (Wildman–Crippen MR) is 160 cm³/mol. The number of hydrogen-bond donors (Lipinski definition) is 2. The van der Waals surface area contributed by atoms with Crippen molar-refractivity contribution in [3.63, 3.8) is 0 Å². The minimum absolute atomic E-state index is 0.222. The van der Waals surface area contributed by atoms with Gasteiger partial charge < -0.3 is 24.4 Å². The molecule has 0 radical (unpaired) electrons. The van der Waals surface area contributed by atoms with Crippen LogP contribution in [0.5, 0.6) is 5.75 Å². The molecule has 1 aliphatic rings. The highest BCUT2D eigenvalue weighted by Crippen LogP contribution is 2.36. The fourth-order valence-electron chi connectivity index (χ4n) is 4.63. The fraction of sp³-hybridized carbons (Fsp3) is 0.467. The van der Waals surface area contributed by atoms with E-state index in [0.29, 0.717) is 53.0 Å². The first kappa shape index (κ1) is 31.4. The van der Waals surface area contributed by atoms with Gasteiger partial charge in [0.25, 0.3) is 0 Å². The van der Waals surface area contributed by atoms with E-state index in [1.54, 1.807) is 82.6 Å². The lowest BCUT2D eigenvalue weighted by Gasteiger charge is -2.29. The number of nitrogens with one attached hydrogen (secondary N) is 1. The molecule has 2 N–H and O–H groups in total. The number of benzene rings is 1. The third-order valence-corrected chi connectivity index (χ3v) is 6.28. The molecule has 0 saturated carbocycles. The molecule has 0 spiro atoms. The van der Waals surface area contributed by atoms with Crippen molar-refractivity contribution in [3.8, 4) is 5.75 Å². The van der Waals surface area contributed by atoms with E-state index in [-0.39, 0.29) is 12.6 Å². The summed E-state index contributed by atoms with van der Waals surface area (Å²) in [7, 11) is 0. The lowest BCUT2D eigenvalue weighted by atomic mass is 10.2. The second-order valence-corrected chi connectivity index (χ2v) is 12.1. The summed E-state index contributed by atoms with van der Waals surface area (Å²) >= 11 is 0. The van der Waals surface area contributed by atoms with Crippen LogP contribution < -0.4 is 15.0 Å². The first-order chi connectivity index (χ1) is 20.2. The lowest BCUT2D eigenvalue weighted by Crippen LogP contribution is -2.36. The summed E-state index contributed by atoms with van der Waals surface area (Å²) < 4.78 is 18.6. The first-order valence-corrected chi connectivity index (χ1v) is 14.1. The van der Waals surface area contributed by atoms with E-state index in [0.717, 1.165) is 6.26 Å². The predicted octanol–water partition coefficient (Wildman–Crippen LogP) is 6.26. The van der Waals surface area contributed by atoms with Crippen LogP contribution in [0.1, 0.15) is 60.5 Å². The molecule has 1 aliphatic heterocycles. The number of hydrogen-bond acceptors (Lipinski definition) is 10. The molecule has 0 aliphatic carbocycles. The Hall–Kier alpha value is -4.52. The molecule has 13 heteroatoms. The van der Waals surface area contributed by atoms with Crippen LogP contribution in [0.25, 0.3) is 5.65 Å². The van der Waals surface area contributed by atoms with Crippen LogP contribution in [-0.2, 0) is 14.4 Å². The van der Waals surface area contributed by atoms with Gasteiger partial charge >= 0.3 is 12.2 Å². The Balaban J connectivity index is 1.76. The number of nitrogens with zero attached hydrogens (tertiary/aromatic N) is 5. The van der Waals surface area contributed by atoms with Crippen molar-refractivity contribution in [1.29, 1.82) is 0 Å². The first-order valence-electron chi connectivity index (χ1n) is 14.1. The number of rotatable bonds is 7. The molecule has 0 bridgehead atoms. The van der Waals surface area contributed by atoms with E-state index in [9.17, 15) is 9.59 Å². The van der Waals surface area contributed by atoms with Gasteiger partial charge in [-0.2, -0.15) is 9.61 Å². The number of carbonyl (C=O) groups excluding carboxylic acids is 2. The van der Waals surface area contributed by atoms with Crippen LogP contribution in [0.2, 0.25) is 0 Å². The number of fused-ring (bicyclic) bond motifs is 1. The molecule has 232 valence electrons. The van der Waals surface area contributed by atoms with Crippen LogP contribution in [0, 0.1) is 6.92 Å². The molecule has 1 saturated heterocycles. The number of amides is 2. The molecular formula is C30H40N6O7. The van der Waals surface area contributed by atoms with Gasteiger partial charge in [0.2, 0.25) is 0 Å². The molecule has 2 aromatic heterocycles. The van der Waals surface area contributed by atoms with Crippen LogP contribution in [0.15, 0.2) is 48.5 Å². The molecule has 1 atom stereocenters. The summed E-state index contributed by atoms with van der Waals surface area (Å²) in [4.78, 5) is 38.6. The van der Waals surface area contributed by atoms with Gasteiger partial charge in [-0.05, 0) is 79.7 Å². The molecule has 3 aromatic rings. The standard InChI is InChI=1S/C30H40N6O7/c1-9-40-23-12-10-21(11-13-23)35(28(38)43-30(6,7)8)26-19(2)25(33-24-14-15-31-36(24)26)32-20-16-22(18-41-39)34(17-20)27(37)42-29(3,4)5/h10-15,18,20,39H,9,16-17H2,1-8H3,(H,32,33). The fourth-order valence-corrected chi connectivity index (χ4v) is 4.63. The van der Waals surface area contributed by atoms with Gasteiger partial charge in [-0.3, -0.25) is 4.90 Å². The highest BCUT2D eigenvalue weighted by Gasteiger charge is 2.36. The average Bonchev–Trinajstić information content (AvgIpc) is 3.52. The van der Waals surface area contributed by atoms with Crippen molar-refractivity contribution in [2.75, 3.05) is 23.4 Å². The number of aromatic nitrogens is 3. The molecule has 2 amide bonds. The summed E-state index contributed by atoms with van der Waals surface area (Å²) in [5.41, 5.74) is 0.590. The van der Waals surface area contributed by atoms with E-state index in [4.69, 9.17) is 24.5 Å². The second-order valence-electron chi connectivity index (χ2n) is 12.1. The Kier molecular flexibility index (Phi) is 9.04. The van der Waals surface area contributed by atoms with E-state index in [1.165, 1.54) is 9.80 Å². The second kappa shape index (κ2) is 12.4. The Labute approximate surface area is 250 Å². The molecule has 4 rings (SSSR count). The number of carbonyl (C=O) groups is 2. The number of likely N-dealkylation sites (tertiary alicyclic amines) is 1. The zero-order valence-electron chi connectivity index (χ0n) is 25.9. The van der Waals surface area contributed by atoms with Crippen LogP contribution in [0.3, 0.4) is 0 Å². The highest BCUT2D eigenvalue weighted by atomic mass is 17.1. The third kappa shape index (κ3) is 7.47. The average molecular weight is 597 g/mol. The third-order valence-electron chi connectivity index (χ3n) is 6.28. The van der Waals surface area contributed by atoms with Gasteiger partial charge in [-0.25, -0.2) is 24.7 Å². The molecular weight excluding hydrogens is 556 g/mol. The minimum Gasteiger partial charge on any atom is -0.494 e. The van der Waals surface area contributed by atoms with Gasteiger partial charge in [0, 0.05) is 24.6 Å². The molecule has 43 heavy (non-hydrogen) atoms.